The van der Waals surface area contributed by atoms with Gasteiger partial charge in [-0.1, -0.05) is 11.8 Å². The van der Waals surface area contributed by atoms with Gasteiger partial charge in [-0.05, 0) is 26.0 Å². The standard InChI is InChI=1S/C13H18N4O2S/c1-5-17-11(10-7-6-8-19-10)14-15-13(17)20-9(2)12(18)16(3)4/h6-9H,5H2,1-4H3. The van der Waals surface area contributed by atoms with Crippen molar-refractivity contribution in [2.75, 3.05) is 14.1 Å². The van der Waals surface area contributed by atoms with Crippen LogP contribution in [-0.2, 0) is 11.3 Å². The van der Waals surface area contributed by atoms with E-state index in [4.69, 9.17) is 4.42 Å². The molecule has 0 spiro atoms. The number of furan rings is 1. The lowest BCUT2D eigenvalue weighted by Crippen LogP contribution is -2.29. The zero-order valence-corrected chi connectivity index (χ0v) is 12.8. The Kier molecular flexibility index (Phi) is 4.49. The summed E-state index contributed by atoms with van der Waals surface area (Å²) >= 11 is 1.41. The molecule has 1 amide bonds. The molecule has 1 unspecified atom stereocenters. The molecule has 20 heavy (non-hydrogen) atoms. The second kappa shape index (κ2) is 6.13. The van der Waals surface area contributed by atoms with Crippen LogP contribution in [0.25, 0.3) is 11.6 Å². The van der Waals surface area contributed by atoms with Crippen molar-refractivity contribution in [2.24, 2.45) is 0 Å². The van der Waals surface area contributed by atoms with Crippen LogP contribution in [0.4, 0.5) is 0 Å². The van der Waals surface area contributed by atoms with Crippen LogP contribution in [-0.4, -0.2) is 44.9 Å². The summed E-state index contributed by atoms with van der Waals surface area (Å²) in [7, 11) is 3.50. The molecule has 1 atom stereocenters. The molecule has 7 heteroatoms. The number of carbonyl (C=O) groups excluding carboxylic acids is 1. The van der Waals surface area contributed by atoms with Crippen molar-refractivity contribution < 1.29 is 9.21 Å². The van der Waals surface area contributed by atoms with E-state index in [2.05, 4.69) is 10.2 Å². The van der Waals surface area contributed by atoms with Crippen molar-refractivity contribution in [1.29, 1.82) is 0 Å². The van der Waals surface area contributed by atoms with Crippen molar-refractivity contribution >= 4 is 17.7 Å². The second-order valence-electron chi connectivity index (χ2n) is 4.52. The number of aromatic nitrogens is 3. The van der Waals surface area contributed by atoms with Crippen LogP contribution in [0, 0.1) is 0 Å². The predicted molar refractivity (Wildman–Crippen MR) is 77.4 cm³/mol. The molecule has 108 valence electrons. The van der Waals surface area contributed by atoms with E-state index >= 15 is 0 Å². The van der Waals surface area contributed by atoms with E-state index in [1.54, 1.807) is 25.3 Å². The van der Waals surface area contributed by atoms with Gasteiger partial charge in [0.1, 0.15) is 0 Å². The van der Waals surface area contributed by atoms with Gasteiger partial charge in [0.05, 0.1) is 11.5 Å². The van der Waals surface area contributed by atoms with Gasteiger partial charge in [0.25, 0.3) is 0 Å². The number of rotatable bonds is 5. The number of carbonyl (C=O) groups is 1. The molecule has 0 aliphatic heterocycles. The minimum Gasteiger partial charge on any atom is -0.461 e. The Morgan fingerprint density at radius 1 is 1.50 bits per heavy atom. The first-order valence-electron chi connectivity index (χ1n) is 6.39. The number of hydrogen-bond acceptors (Lipinski definition) is 5. The molecule has 0 bridgehead atoms. The summed E-state index contributed by atoms with van der Waals surface area (Å²) in [6.45, 7) is 4.60. The van der Waals surface area contributed by atoms with E-state index in [9.17, 15) is 4.79 Å². The third-order valence-corrected chi connectivity index (χ3v) is 3.91. The number of thioether (sulfide) groups is 1. The van der Waals surface area contributed by atoms with Crippen molar-refractivity contribution in [3.8, 4) is 11.6 Å². The summed E-state index contributed by atoms with van der Waals surface area (Å²) in [6.07, 6.45) is 1.61. The highest BCUT2D eigenvalue weighted by atomic mass is 32.2. The van der Waals surface area contributed by atoms with E-state index in [0.717, 1.165) is 5.16 Å². The summed E-state index contributed by atoms with van der Waals surface area (Å²) in [6, 6.07) is 3.66. The first kappa shape index (κ1) is 14.6. The molecular formula is C13H18N4O2S. The maximum absolute atomic E-state index is 11.9. The largest absolute Gasteiger partial charge is 0.461 e. The lowest BCUT2D eigenvalue weighted by Gasteiger charge is -2.16. The van der Waals surface area contributed by atoms with Crippen LogP contribution in [0.2, 0.25) is 0 Å². The predicted octanol–water partition coefficient (Wildman–Crippen LogP) is 2.13. The van der Waals surface area contributed by atoms with E-state index in [1.165, 1.54) is 11.8 Å². The van der Waals surface area contributed by atoms with E-state index in [-0.39, 0.29) is 11.2 Å². The Morgan fingerprint density at radius 3 is 2.80 bits per heavy atom. The van der Waals surface area contributed by atoms with E-state index in [1.807, 2.05) is 30.5 Å². The lowest BCUT2D eigenvalue weighted by atomic mass is 10.4. The first-order chi connectivity index (χ1) is 9.54. The topological polar surface area (TPSA) is 64.2 Å². The van der Waals surface area contributed by atoms with E-state index in [0.29, 0.717) is 18.1 Å². The van der Waals surface area contributed by atoms with Gasteiger partial charge in [0.2, 0.25) is 5.91 Å². The summed E-state index contributed by atoms with van der Waals surface area (Å²) in [5.74, 6) is 1.42. The maximum Gasteiger partial charge on any atom is 0.235 e. The van der Waals surface area contributed by atoms with Gasteiger partial charge in [-0.2, -0.15) is 0 Å². The van der Waals surface area contributed by atoms with Crippen LogP contribution in [0.5, 0.6) is 0 Å². The zero-order valence-electron chi connectivity index (χ0n) is 12.0. The van der Waals surface area contributed by atoms with Gasteiger partial charge in [-0.3, -0.25) is 9.36 Å². The smallest absolute Gasteiger partial charge is 0.235 e. The van der Waals surface area contributed by atoms with Crippen LogP contribution >= 0.6 is 11.8 Å². The molecule has 6 nitrogen and oxygen atoms in total. The van der Waals surface area contributed by atoms with Crippen LogP contribution in [0.1, 0.15) is 13.8 Å². The van der Waals surface area contributed by atoms with Crippen molar-refractivity contribution in [2.45, 2.75) is 30.8 Å². The highest BCUT2D eigenvalue weighted by molar-refractivity contribution is 8.00. The minimum absolute atomic E-state index is 0.0557. The third kappa shape index (κ3) is 2.87. The molecule has 2 aromatic heterocycles. The number of hydrogen-bond donors (Lipinski definition) is 0. The Hall–Kier alpha value is -1.76. The second-order valence-corrected chi connectivity index (χ2v) is 5.83. The van der Waals surface area contributed by atoms with Gasteiger partial charge in [0.15, 0.2) is 16.7 Å². The molecule has 0 radical (unpaired) electrons. The summed E-state index contributed by atoms with van der Waals surface area (Å²) in [5, 5.41) is 8.85. The summed E-state index contributed by atoms with van der Waals surface area (Å²) < 4.78 is 7.31. The molecule has 2 rings (SSSR count). The van der Waals surface area contributed by atoms with Crippen LogP contribution in [0.15, 0.2) is 28.0 Å². The fraction of sp³-hybridized carbons (Fsp3) is 0.462. The van der Waals surface area contributed by atoms with E-state index < -0.39 is 0 Å². The first-order valence-corrected chi connectivity index (χ1v) is 7.27. The molecule has 2 aromatic rings. The number of nitrogens with zero attached hydrogens (tertiary/aromatic N) is 4. The molecule has 0 aromatic carbocycles. The molecule has 2 heterocycles. The Morgan fingerprint density at radius 2 is 2.25 bits per heavy atom. The fourth-order valence-electron chi connectivity index (χ4n) is 1.82. The average Bonchev–Trinajstić information content (AvgIpc) is 3.05. The molecule has 0 saturated carbocycles. The van der Waals surface area contributed by atoms with Crippen molar-refractivity contribution in [3.05, 3.63) is 18.4 Å². The third-order valence-electron chi connectivity index (χ3n) is 2.85. The minimum atomic E-state index is -0.205. The molecule has 0 N–H and O–H groups in total. The molecular weight excluding hydrogens is 276 g/mol. The Labute approximate surface area is 122 Å². The average molecular weight is 294 g/mol. The van der Waals surface area contributed by atoms with Crippen molar-refractivity contribution in [1.82, 2.24) is 19.7 Å². The van der Waals surface area contributed by atoms with Gasteiger partial charge < -0.3 is 9.32 Å². The van der Waals surface area contributed by atoms with Crippen LogP contribution in [0.3, 0.4) is 0 Å². The SMILES string of the molecule is CCn1c(SC(C)C(=O)N(C)C)nnc1-c1ccco1. The monoisotopic (exact) mass is 294 g/mol. The molecule has 0 aliphatic carbocycles. The summed E-state index contributed by atoms with van der Waals surface area (Å²) in [5.41, 5.74) is 0. The lowest BCUT2D eigenvalue weighted by molar-refractivity contribution is -0.127. The van der Waals surface area contributed by atoms with Gasteiger partial charge in [-0.15, -0.1) is 10.2 Å². The Balaban J connectivity index is 2.23. The highest BCUT2D eigenvalue weighted by Gasteiger charge is 2.21. The quantitative estimate of drug-likeness (QED) is 0.790. The van der Waals surface area contributed by atoms with Gasteiger partial charge >= 0.3 is 0 Å². The normalized spacial score (nSPS) is 12.4. The number of amides is 1. The van der Waals surface area contributed by atoms with Gasteiger partial charge in [0, 0.05) is 20.6 Å². The van der Waals surface area contributed by atoms with Crippen molar-refractivity contribution in [3.63, 3.8) is 0 Å². The summed E-state index contributed by atoms with van der Waals surface area (Å²) in [4.78, 5) is 13.5. The highest BCUT2D eigenvalue weighted by Crippen LogP contribution is 2.27. The van der Waals surface area contributed by atoms with Crippen LogP contribution < -0.4 is 0 Å². The maximum atomic E-state index is 11.9. The molecule has 0 aliphatic rings. The fourth-order valence-corrected chi connectivity index (χ4v) is 2.88. The molecule has 0 saturated heterocycles. The molecule has 0 fully saturated rings. The Bertz CT molecular complexity index is 577. The van der Waals surface area contributed by atoms with Gasteiger partial charge in [-0.25, -0.2) is 0 Å². The zero-order chi connectivity index (χ0) is 14.7.